The maximum Gasteiger partial charge on any atom is 0.417 e. The summed E-state index contributed by atoms with van der Waals surface area (Å²) in [6.07, 6.45) is 3.35. The number of carbonyl (C=O) groups is 1. The van der Waals surface area contributed by atoms with Crippen molar-refractivity contribution >= 4 is 17.7 Å². The van der Waals surface area contributed by atoms with E-state index >= 15 is 0 Å². The van der Waals surface area contributed by atoms with Gasteiger partial charge in [-0.1, -0.05) is 6.07 Å². The lowest BCUT2D eigenvalue weighted by atomic mass is 10.1. The number of nitrogens with one attached hydrogen (secondary N) is 2. The highest BCUT2D eigenvalue weighted by atomic mass is 19.4. The van der Waals surface area contributed by atoms with Crippen LogP contribution in [0.3, 0.4) is 0 Å². The molecule has 0 atom stereocenters. The van der Waals surface area contributed by atoms with E-state index in [-0.39, 0.29) is 12.1 Å². The van der Waals surface area contributed by atoms with E-state index in [0.29, 0.717) is 38.3 Å². The minimum absolute atomic E-state index is 0.00954. The molecule has 2 aliphatic heterocycles. The summed E-state index contributed by atoms with van der Waals surface area (Å²) in [5, 5.41) is 5.85. The second-order valence-corrected chi connectivity index (χ2v) is 8.56. The summed E-state index contributed by atoms with van der Waals surface area (Å²) in [5.41, 5.74) is 0.185. The highest BCUT2D eigenvalue weighted by molar-refractivity contribution is 5.74. The van der Waals surface area contributed by atoms with Gasteiger partial charge in [-0.05, 0) is 55.9 Å². The Hall–Kier alpha value is -3.04. The minimum atomic E-state index is -4.39. The van der Waals surface area contributed by atoms with Gasteiger partial charge in [-0.25, -0.2) is 14.8 Å². The number of anilines is 2. The fourth-order valence-electron chi connectivity index (χ4n) is 4.24. The zero-order valence-electron chi connectivity index (χ0n) is 18.4. The van der Waals surface area contributed by atoms with Gasteiger partial charge in [0.15, 0.2) is 0 Å². The number of piperidine rings is 2. The first kappa shape index (κ1) is 23.1. The lowest BCUT2D eigenvalue weighted by Crippen LogP contribution is -2.48. The Labute approximate surface area is 191 Å². The first-order valence-electron chi connectivity index (χ1n) is 11.4. The molecule has 4 heterocycles. The number of hydrogen-bond acceptors (Lipinski definition) is 5. The van der Waals surface area contributed by atoms with Crippen LogP contribution in [-0.2, 0) is 12.7 Å². The van der Waals surface area contributed by atoms with Gasteiger partial charge in [0, 0.05) is 51.2 Å². The fourth-order valence-corrected chi connectivity index (χ4v) is 4.24. The molecule has 0 bridgehead atoms. The molecule has 0 spiro atoms. The Morgan fingerprint density at radius 3 is 2.12 bits per heavy atom. The number of aromatic nitrogens is 2. The number of hydrogen-bond donors (Lipinski definition) is 2. The molecule has 2 N–H and O–H groups in total. The number of pyridine rings is 2. The third kappa shape index (κ3) is 6.27. The zero-order chi connectivity index (χ0) is 23.3. The smallest absolute Gasteiger partial charge is 0.357 e. The van der Waals surface area contributed by atoms with Crippen molar-refractivity contribution in [3.05, 3.63) is 47.8 Å². The quantitative estimate of drug-likeness (QED) is 0.704. The molecule has 4 rings (SSSR count). The first-order chi connectivity index (χ1) is 15.9. The van der Waals surface area contributed by atoms with E-state index < -0.39 is 11.7 Å². The number of urea groups is 1. The number of halogens is 3. The lowest BCUT2D eigenvalue weighted by Gasteiger charge is -2.33. The summed E-state index contributed by atoms with van der Waals surface area (Å²) in [5.74, 6) is 1.50. The number of rotatable bonds is 5. The van der Waals surface area contributed by atoms with Crippen LogP contribution in [0.4, 0.5) is 29.6 Å². The predicted molar refractivity (Wildman–Crippen MR) is 120 cm³/mol. The molecule has 2 aromatic rings. The topological polar surface area (TPSA) is 73.4 Å². The highest BCUT2D eigenvalue weighted by Crippen LogP contribution is 2.29. The van der Waals surface area contributed by atoms with E-state index in [1.807, 2.05) is 17.0 Å². The summed E-state index contributed by atoms with van der Waals surface area (Å²) in [7, 11) is 0. The lowest BCUT2D eigenvalue weighted by molar-refractivity contribution is -0.137. The van der Waals surface area contributed by atoms with Gasteiger partial charge in [-0.3, -0.25) is 0 Å². The van der Waals surface area contributed by atoms with E-state index in [9.17, 15) is 18.0 Å². The van der Waals surface area contributed by atoms with Crippen molar-refractivity contribution in [3.8, 4) is 0 Å². The molecule has 0 unspecified atom stereocenters. The van der Waals surface area contributed by atoms with Crippen molar-refractivity contribution in [3.63, 3.8) is 0 Å². The normalized spacial score (nSPS) is 17.7. The monoisotopic (exact) mass is 462 g/mol. The molecule has 7 nitrogen and oxygen atoms in total. The molecule has 10 heteroatoms. The van der Waals surface area contributed by atoms with E-state index in [4.69, 9.17) is 0 Å². The Kier molecular flexibility index (Phi) is 7.20. The van der Waals surface area contributed by atoms with Crippen LogP contribution >= 0.6 is 0 Å². The molecule has 2 amide bonds. The molecule has 33 heavy (non-hydrogen) atoms. The number of nitrogens with zero attached hydrogens (tertiary/aromatic N) is 4. The van der Waals surface area contributed by atoms with Crippen LogP contribution in [-0.4, -0.2) is 48.2 Å². The van der Waals surface area contributed by atoms with Crippen molar-refractivity contribution in [1.82, 2.24) is 20.6 Å². The van der Waals surface area contributed by atoms with Crippen LogP contribution < -0.4 is 20.4 Å². The van der Waals surface area contributed by atoms with Gasteiger partial charge in [0.25, 0.3) is 0 Å². The second-order valence-electron chi connectivity index (χ2n) is 8.56. The first-order valence-corrected chi connectivity index (χ1v) is 11.4. The van der Waals surface area contributed by atoms with Gasteiger partial charge in [-0.15, -0.1) is 0 Å². The fraction of sp³-hybridized carbons (Fsp3) is 0.522. The molecular weight excluding hydrogens is 433 g/mol. The van der Waals surface area contributed by atoms with Crippen LogP contribution in [0, 0.1) is 0 Å². The second kappa shape index (κ2) is 10.3. The highest BCUT2D eigenvalue weighted by Gasteiger charge is 2.31. The number of amides is 2. The van der Waals surface area contributed by atoms with Crippen LogP contribution in [0.15, 0.2) is 36.7 Å². The molecule has 2 fully saturated rings. The van der Waals surface area contributed by atoms with Gasteiger partial charge >= 0.3 is 12.2 Å². The van der Waals surface area contributed by atoms with Gasteiger partial charge in [-0.2, -0.15) is 13.2 Å². The van der Waals surface area contributed by atoms with Crippen molar-refractivity contribution in [2.24, 2.45) is 0 Å². The summed E-state index contributed by atoms with van der Waals surface area (Å²) in [4.78, 5) is 25.0. The number of alkyl halides is 3. The Balaban J connectivity index is 1.19. The van der Waals surface area contributed by atoms with Crippen molar-refractivity contribution in [2.75, 3.05) is 36.0 Å². The van der Waals surface area contributed by atoms with Crippen LogP contribution in [0.5, 0.6) is 0 Å². The number of carbonyl (C=O) groups excluding carboxylic acids is 1. The van der Waals surface area contributed by atoms with E-state index in [1.54, 1.807) is 6.20 Å². The Morgan fingerprint density at radius 2 is 1.55 bits per heavy atom. The van der Waals surface area contributed by atoms with Gasteiger partial charge < -0.3 is 20.4 Å². The van der Waals surface area contributed by atoms with Gasteiger partial charge in [0.2, 0.25) is 0 Å². The standard InChI is InChI=1S/C23H29F3N6O/c24-23(25,26)18-5-7-21(28-16-18)32-12-8-19(9-13-32)30-22(33)29-15-17-4-6-20(27-14-17)31-10-2-1-3-11-31/h4-7,14,16,19H,1-3,8-13,15H2,(H2,29,30,33). The van der Waals surface area contributed by atoms with Crippen LogP contribution in [0.1, 0.15) is 43.2 Å². The molecule has 0 radical (unpaired) electrons. The van der Waals surface area contributed by atoms with Crippen LogP contribution in [0.25, 0.3) is 0 Å². The molecule has 0 saturated carbocycles. The van der Waals surface area contributed by atoms with E-state index in [1.165, 1.54) is 25.3 Å². The maximum absolute atomic E-state index is 12.7. The third-order valence-electron chi connectivity index (χ3n) is 6.17. The van der Waals surface area contributed by atoms with Gasteiger partial charge in [0.1, 0.15) is 11.6 Å². The molecule has 0 aromatic carbocycles. The molecule has 2 aliphatic rings. The minimum Gasteiger partial charge on any atom is -0.357 e. The van der Waals surface area contributed by atoms with Crippen molar-refractivity contribution in [2.45, 2.75) is 50.9 Å². The van der Waals surface area contributed by atoms with E-state index in [0.717, 1.165) is 36.7 Å². The summed E-state index contributed by atoms with van der Waals surface area (Å²) < 4.78 is 38.1. The molecule has 2 saturated heterocycles. The summed E-state index contributed by atoms with van der Waals surface area (Å²) in [6.45, 7) is 3.71. The zero-order valence-corrected chi connectivity index (χ0v) is 18.4. The molecular formula is C23H29F3N6O. The SMILES string of the molecule is O=C(NCc1ccc(N2CCCCC2)nc1)NC1CCN(c2ccc(C(F)(F)F)cn2)CC1. The van der Waals surface area contributed by atoms with E-state index in [2.05, 4.69) is 25.5 Å². The predicted octanol–water partition coefficient (Wildman–Crippen LogP) is 3.95. The Morgan fingerprint density at radius 1 is 0.909 bits per heavy atom. The molecule has 0 aliphatic carbocycles. The maximum atomic E-state index is 12.7. The average Bonchev–Trinajstić information content (AvgIpc) is 2.84. The van der Waals surface area contributed by atoms with Crippen LogP contribution in [0.2, 0.25) is 0 Å². The summed E-state index contributed by atoms with van der Waals surface area (Å²) in [6, 6.07) is 6.22. The van der Waals surface area contributed by atoms with Crippen molar-refractivity contribution < 1.29 is 18.0 Å². The van der Waals surface area contributed by atoms with Crippen molar-refractivity contribution in [1.29, 1.82) is 0 Å². The Bertz CT molecular complexity index is 905. The third-order valence-corrected chi connectivity index (χ3v) is 6.17. The molecule has 2 aromatic heterocycles. The van der Waals surface area contributed by atoms with Gasteiger partial charge in [0.05, 0.1) is 5.56 Å². The summed E-state index contributed by atoms with van der Waals surface area (Å²) >= 11 is 0. The average molecular weight is 463 g/mol. The largest absolute Gasteiger partial charge is 0.417 e. The molecule has 178 valence electrons.